The van der Waals surface area contributed by atoms with Crippen LogP contribution < -0.4 is 4.74 Å². The lowest BCUT2D eigenvalue weighted by atomic mass is 10.1. The van der Waals surface area contributed by atoms with Crippen molar-refractivity contribution in [3.8, 4) is 5.75 Å². The van der Waals surface area contributed by atoms with Crippen molar-refractivity contribution in [2.45, 2.75) is 37.9 Å². The molecule has 0 saturated heterocycles. The van der Waals surface area contributed by atoms with Gasteiger partial charge in [-0.05, 0) is 43.2 Å². The summed E-state index contributed by atoms with van der Waals surface area (Å²) in [4.78, 5) is 0. The zero-order valence-corrected chi connectivity index (χ0v) is 16.9. The van der Waals surface area contributed by atoms with E-state index in [-0.39, 0.29) is 0 Å². The summed E-state index contributed by atoms with van der Waals surface area (Å²) in [6, 6.07) is 13.5. The fraction of sp³-hybridized carbons (Fsp3) is 0.263. The molecule has 0 saturated carbocycles. The first-order valence-corrected chi connectivity index (χ1v) is 10.00. The van der Waals surface area contributed by atoms with Gasteiger partial charge in [0.15, 0.2) is 11.0 Å². The van der Waals surface area contributed by atoms with E-state index in [2.05, 4.69) is 52.9 Å². The molecule has 0 unspecified atom stereocenters. The molecular weight excluding hydrogens is 389 g/mol. The van der Waals surface area contributed by atoms with E-state index in [0.717, 1.165) is 23.3 Å². The molecule has 0 fully saturated rings. The number of ether oxygens (including phenoxy) is 1. The molecule has 0 amide bonds. The highest BCUT2D eigenvalue weighted by atomic mass is 35.5. The van der Waals surface area contributed by atoms with Crippen molar-refractivity contribution in [3.63, 3.8) is 0 Å². The third kappa shape index (κ3) is 4.53. The molecule has 1 heterocycles. The monoisotopic (exact) mass is 407 g/mol. The van der Waals surface area contributed by atoms with Gasteiger partial charge in [0.2, 0.25) is 0 Å². The maximum absolute atomic E-state index is 6.15. The normalized spacial score (nSPS) is 10.9. The molecule has 2 aromatic carbocycles. The summed E-state index contributed by atoms with van der Waals surface area (Å²) < 4.78 is 7.85. The average molecular weight is 408 g/mol. The van der Waals surface area contributed by atoms with Gasteiger partial charge in [0.25, 0.3) is 0 Å². The predicted molar refractivity (Wildman–Crippen MR) is 107 cm³/mol. The van der Waals surface area contributed by atoms with Crippen molar-refractivity contribution in [2.24, 2.45) is 0 Å². The van der Waals surface area contributed by atoms with E-state index in [9.17, 15) is 0 Å². The molecule has 136 valence electrons. The lowest BCUT2D eigenvalue weighted by Gasteiger charge is -2.10. The highest BCUT2D eigenvalue weighted by molar-refractivity contribution is 7.98. The van der Waals surface area contributed by atoms with Gasteiger partial charge in [-0.1, -0.05) is 59.2 Å². The van der Waals surface area contributed by atoms with Gasteiger partial charge in [-0.2, -0.15) is 0 Å². The summed E-state index contributed by atoms with van der Waals surface area (Å²) in [6.45, 7) is 5.26. The van der Waals surface area contributed by atoms with E-state index >= 15 is 0 Å². The van der Waals surface area contributed by atoms with Gasteiger partial charge in [-0.3, -0.25) is 0 Å². The van der Waals surface area contributed by atoms with Crippen LogP contribution in [0.4, 0.5) is 0 Å². The molecule has 3 aromatic rings. The van der Waals surface area contributed by atoms with E-state index in [1.54, 1.807) is 30.0 Å². The Labute approximate surface area is 167 Å². The molecule has 0 aliphatic carbocycles. The number of aryl methyl sites for hydroxylation is 1. The summed E-state index contributed by atoms with van der Waals surface area (Å²) in [5.74, 6) is 2.20. The molecule has 4 nitrogen and oxygen atoms in total. The van der Waals surface area contributed by atoms with Crippen molar-refractivity contribution < 1.29 is 4.74 Å². The number of hydrogen-bond donors (Lipinski definition) is 0. The molecule has 26 heavy (non-hydrogen) atoms. The number of hydrogen-bond acceptors (Lipinski definition) is 4. The molecule has 0 atom stereocenters. The third-order valence-electron chi connectivity index (χ3n) is 3.98. The Morgan fingerprint density at radius 2 is 1.92 bits per heavy atom. The Balaban J connectivity index is 1.68. The van der Waals surface area contributed by atoms with Crippen LogP contribution in [0.15, 0.2) is 47.6 Å². The first-order valence-electron chi connectivity index (χ1n) is 8.25. The molecule has 3 rings (SSSR count). The number of rotatable bonds is 7. The van der Waals surface area contributed by atoms with E-state index in [1.165, 1.54) is 11.1 Å². The maximum Gasteiger partial charge on any atom is 0.191 e. The van der Waals surface area contributed by atoms with Crippen molar-refractivity contribution in [1.82, 2.24) is 14.8 Å². The quantitative estimate of drug-likeness (QED) is 0.465. The molecular formula is C19H19Cl2N3OS. The zero-order chi connectivity index (χ0) is 18.5. The largest absolute Gasteiger partial charge is 0.484 e. The molecule has 7 heteroatoms. The van der Waals surface area contributed by atoms with Crippen molar-refractivity contribution >= 4 is 35.0 Å². The van der Waals surface area contributed by atoms with Gasteiger partial charge in [0.1, 0.15) is 12.4 Å². The smallest absolute Gasteiger partial charge is 0.191 e. The molecule has 0 radical (unpaired) electrons. The summed E-state index contributed by atoms with van der Waals surface area (Å²) in [7, 11) is 0. The van der Waals surface area contributed by atoms with E-state index in [0.29, 0.717) is 22.4 Å². The minimum absolute atomic E-state index is 0.299. The summed E-state index contributed by atoms with van der Waals surface area (Å²) >= 11 is 13.7. The van der Waals surface area contributed by atoms with E-state index < -0.39 is 0 Å². The van der Waals surface area contributed by atoms with E-state index in [4.69, 9.17) is 27.9 Å². The van der Waals surface area contributed by atoms with Gasteiger partial charge in [0.05, 0.1) is 5.02 Å². The van der Waals surface area contributed by atoms with Crippen LogP contribution in [0.3, 0.4) is 0 Å². The number of aromatic nitrogens is 3. The Bertz CT molecular complexity index is 898. The third-order valence-corrected chi connectivity index (χ3v) is 5.52. The highest BCUT2D eigenvalue weighted by Gasteiger charge is 2.13. The Morgan fingerprint density at radius 3 is 2.65 bits per heavy atom. The van der Waals surface area contributed by atoms with Crippen LogP contribution in [0.5, 0.6) is 5.75 Å². The highest BCUT2D eigenvalue weighted by Crippen LogP contribution is 2.29. The average Bonchev–Trinajstić information content (AvgIpc) is 3.02. The summed E-state index contributed by atoms with van der Waals surface area (Å²) in [5, 5.41) is 10.5. The second kappa shape index (κ2) is 8.80. The molecule has 0 aliphatic rings. The maximum atomic E-state index is 6.15. The van der Waals surface area contributed by atoms with Crippen LogP contribution in [-0.2, 0) is 18.9 Å². The van der Waals surface area contributed by atoms with E-state index in [1.807, 2.05) is 0 Å². The van der Waals surface area contributed by atoms with Crippen molar-refractivity contribution in [2.75, 3.05) is 0 Å². The molecule has 0 spiro atoms. The van der Waals surface area contributed by atoms with Crippen LogP contribution in [0.25, 0.3) is 0 Å². The molecule has 0 aliphatic heterocycles. The van der Waals surface area contributed by atoms with Gasteiger partial charge in [-0.25, -0.2) is 0 Å². The fourth-order valence-electron chi connectivity index (χ4n) is 2.50. The van der Waals surface area contributed by atoms with Gasteiger partial charge >= 0.3 is 0 Å². The minimum atomic E-state index is 0.299. The predicted octanol–water partition coefficient (Wildman–Crippen LogP) is 5.78. The Hall–Kier alpha value is -1.69. The van der Waals surface area contributed by atoms with Gasteiger partial charge in [0, 0.05) is 17.3 Å². The van der Waals surface area contributed by atoms with Gasteiger partial charge in [-0.15, -0.1) is 10.2 Å². The second-order valence-corrected chi connectivity index (χ2v) is 7.51. The number of nitrogens with zero attached hydrogens (tertiary/aromatic N) is 3. The fourth-order valence-corrected chi connectivity index (χ4v) is 4.06. The molecule has 1 aromatic heterocycles. The van der Waals surface area contributed by atoms with Crippen LogP contribution >= 0.6 is 35.0 Å². The minimum Gasteiger partial charge on any atom is -0.484 e. The standard InChI is InChI=1S/C19H19Cl2N3OS/c1-3-24-18(11-25-17-9-8-15(20)10-16(17)21)22-23-19(24)26-12-14-7-5-4-6-13(14)2/h4-10H,3,11-12H2,1-2H3. The number of thioether (sulfide) groups is 1. The lowest BCUT2D eigenvalue weighted by molar-refractivity contribution is 0.288. The van der Waals surface area contributed by atoms with Crippen molar-refractivity contribution in [3.05, 3.63) is 69.5 Å². The van der Waals surface area contributed by atoms with Crippen LogP contribution in [0, 0.1) is 6.92 Å². The summed E-state index contributed by atoms with van der Waals surface area (Å²) in [5.41, 5.74) is 2.58. The Kier molecular flexibility index (Phi) is 6.46. The van der Waals surface area contributed by atoms with Crippen LogP contribution in [0.2, 0.25) is 10.0 Å². The first kappa shape index (κ1) is 19.1. The van der Waals surface area contributed by atoms with Crippen LogP contribution in [-0.4, -0.2) is 14.8 Å². The van der Waals surface area contributed by atoms with Gasteiger partial charge < -0.3 is 9.30 Å². The Morgan fingerprint density at radius 1 is 1.12 bits per heavy atom. The lowest BCUT2D eigenvalue weighted by Crippen LogP contribution is -2.07. The van der Waals surface area contributed by atoms with Crippen molar-refractivity contribution in [1.29, 1.82) is 0 Å². The summed E-state index contributed by atoms with van der Waals surface area (Å²) in [6.07, 6.45) is 0. The zero-order valence-electron chi connectivity index (χ0n) is 14.6. The first-order chi connectivity index (χ1) is 12.6. The number of halogens is 2. The molecule has 0 bridgehead atoms. The van der Waals surface area contributed by atoms with Crippen LogP contribution in [0.1, 0.15) is 23.9 Å². The molecule has 0 N–H and O–H groups in total. The second-order valence-electron chi connectivity index (χ2n) is 5.72. The number of benzene rings is 2. The topological polar surface area (TPSA) is 39.9 Å². The SMILES string of the molecule is CCn1c(COc2ccc(Cl)cc2Cl)nnc1SCc1ccccc1C.